The Morgan fingerprint density at radius 2 is 1.35 bits per heavy atom. The minimum absolute atomic E-state index is 0.547. The maximum absolute atomic E-state index is 2.49. The van der Waals surface area contributed by atoms with Gasteiger partial charge in [0.1, 0.15) is 0 Å². The Hall–Kier alpha value is 0.430. The molecule has 17 heavy (non-hydrogen) atoms. The minimum atomic E-state index is 0.547. The van der Waals surface area contributed by atoms with Crippen LogP contribution in [0.4, 0.5) is 0 Å². The molecule has 0 aromatic heterocycles. The molecule has 0 heterocycles. The summed E-state index contributed by atoms with van der Waals surface area (Å²) in [5, 5.41) is 0. The molecular formula is C16H31P. The van der Waals surface area contributed by atoms with Gasteiger partial charge in [-0.3, -0.25) is 0 Å². The molecule has 0 bridgehead atoms. The van der Waals surface area contributed by atoms with E-state index in [1.807, 2.05) is 0 Å². The third kappa shape index (κ3) is 3.95. The van der Waals surface area contributed by atoms with Gasteiger partial charge in [-0.05, 0) is 48.3 Å². The van der Waals surface area contributed by atoms with Gasteiger partial charge in [-0.15, -0.1) is 8.58 Å². The third-order valence-electron chi connectivity index (χ3n) is 4.82. The molecule has 100 valence electrons. The summed E-state index contributed by atoms with van der Waals surface area (Å²) in [4.78, 5) is 0. The van der Waals surface area contributed by atoms with E-state index in [2.05, 4.69) is 20.8 Å². The molecule has 2 aliphatic carbocycles. The molecule has 0 aliphatic heterocycles. The van der Waals surface area contributed by atoms with Gasteiger partial charge in [-0.25, -0.2) is 0 Å². The van der Waals surface area contributed by atoms with E-state index in [1.54, 1.807) is 0 Å². The summed E-state index contributed by atoms with van der Waals surface area (Å²) in [5.74, 6) is 1.07. The van der Waals surface area contributed by atoms with Crippen LogP contribution >= 0.6 is 8.58 Å². The molecule has 0 aromatic carbocycles. The van der Waals surface area contributed by atoms with Crippen molar-refractivity contribution in [1.82, 2.24) is 0 Å². The van der Waals surface area contributed by atoms with Gasteiger partial charge in [0.05, 0.1) is 0 Å². The van der Waals surface area contributed by atoms with Crippen molar-refractivity contribution in [2.75, 3.05) is 0 Å². The molecule has 0 nitrogen and oxygen atoms in total. The molecule has 0 saturated heterocycles. The fraction of sp³-hybridized carbons (Fsp3) is 1.00. The first-order valence-electron chi connectivity index (χ1n) is 7.83. The highest BCUT2D eigenvalue weighted by atomic mass is 31.1. The molecule has 2 aliphatic rings. The maximum atomic E-state index is 2.49. The summed E-state index contributed by atoms with van der Waals surface area (Å²) >= 11 is 0. The summed E-state index contributed by atoms with van der Waals surface area (Å²) < 4.78 is 0. The molecule has 2 saturated carbocycles. The zero-order valence-corrected chi connectivity index (χ0v) is 13.1. The fourth-order valence-corrected chi connectivity index (χ4v) is 6.26. The Balaban J connectivity index is 1.94. The van der Waals surface area contributed by atoms with Crippen LogP contribution in [0.25, 0.3) is 0 Å². The molecule has 0 N–H and O–H groups in total. The second-order valence-corrected chi connectivity index (χ2v) is 9.16. The molecule has 2 fully saturated rings. The predicted molar refractivity (Wildman–Crippen MR) is 80.4 cm³/mol. The van der Waals surface area contributed by atoms with E-state index in [4.69, 9.17) is 0 Å². The second-order valence-electron chi connectivity index (χ2n) is 7.39. The van der Waals surface area contributed by atoms with Crippen LogP contribution in [0.15, 0.2) is 0 Å². The van der Waals surface area contributed by atoms with Crippen LogP contribution in [-0.2, 0) is 0 Å². The van der Waals surface area contributed by atoms with Gasteiger partial charge >= 0.3 is 0 Å². The first-order chi connectivity index (χ1) is 8.07. The quantitative estimate of drug-likeness (QED) is 0.575. The van der Waals surface area contributed by atoms with Gasteiger partial charge in [0.15, 0.2) is 0 Å². The Morgan fingerprint density at radius 1 is 0.824 bits per heavy atom. The van der Waals surface area contributed by atoms with Crippen LogP contribution in [0, 0.1) is 11.3 Å². The zero-order chi connectivity index (χ0) is 12.3. The molecule has 0 spiro atoms. The third-order valence-corrected chi connectivity index (χ3v) is 7.57. The van der Waals surface area contributed by atoms with Crippen molar-refractivity contribution in [2.24, 2.45) is 11.3 Å². The summed E-state index contributed by atoms with van der Waals surface area (Å²) in [6.45, 7) is 7.48. The van der Waals surface area contributed by atoms with Crippen molar-refractivity contribution in [2.45, 2.75) is 89.9 Å². The lowest BCUT2D eigenvalue weighted by molar-refractivity contribution is 0.307. The maximum Gasteiger partial charge on any atom is -0.0157 e. The first kappa shape index (κ1) is 13.9. The van der Waals surface area contributed by atoms with E-state index < -0.39 is 0 Å². The number of hydrogen-bond acceptors (Lipinski definition) is 0. The molecule has 2 atom stereocenters. The predicted octanol–water partition coefficient (Wildman–Crippen LogP) is 5.60. The molecule has 0 amide bonds. The average Bonchev–Trinajstić information content (AvgIpc) is 2.79. The first-order valence-corrected chi connectivity index (χ1v) is 8.99. The summed E-state index contributed by atoms with van der Waals surface area (Å²) in [6, 6.07) is 0. The van der Waals surface area contributed by atoms with Gasteiger partial charge in [0.2, 0.25) is 0 Å². The Labute approximate surface area is 110 Å². The van der Waals surface area contributed by atoms with Crippen molar-refractivity contribution in [3.63, 3.8) is 0 Å². The molecule has 0 aromatic rings. The Kier molecular flexibility index (Phi) is 4.93. The van der Waals surface area contributed by atoms with Crippen LogP contribution in [0.5, 0.6) is 0 Å². The lowest BCUT2D eigenvalue weighted by Crippen LogP contribution is -2.31. The van der Waals surface area contributed by atoms with E-state index in [-0.39, 0.29) is 0 Å². The number of hydrogen-bond donors (Lipinski definition) is 0. The van der Waals surface area contributed by atoms with Gasteiger partial charge in [-0.2, -0.15) is 0 Å². The highest BCUT2D eigenvalue weighted by Crippen LogP contribution is 2.50. The molecule has 0 radical (unpaired) electrons. The monoisotopic (exact) mass is 254 g/mol. The molecular weight excluding hydrogens is 223 g/mol. The summed E-state index contributed by atoms with van der Waals surface area (Å²) in [5.41, 5.74) is 2.66. The van der Waals surface area contributed by atoms with E-state index in [9.17, 15) is 0 Å². The van der Waals surface area contributed by atoms with E-state index in [0.717, 1.165) is 17.2 Å². The van der Waals surface area contributed by atoms with Crippen molar-refractivity contribution < 1.29 is 0 Å². The van der Waals surface area contributed by atoms with Crippen molar-refractivity contribution in [3.8, 4) is 0 Å². The largest absolute Gasteiger partial charge is 0.115 e. The summed E-state index contributed by atoms with van der Waals surface area (Å²) in [6.07, 6.45) is 13.7. The van der Waals surface area contributed by atoms with Gasteiger partial charge in [0, 0.05) is 0 Å². The van der Waals surface area contributed by atoms with Crippen molar-refractivity contribution in [1.29, 1.82) is 0 Å². The highest BCUT2D eigenvalue weighted by Gasteiger charge is 2.35. The van der Waals surface area contributed by atoms with Crippen LogP contribution < -0.4 is 0 Å². The van der Waals surface area contributed by atoms with Crippen LogP contribution in [0.2, 0.25) is 0 Å². The average molecular weight is 254 g/mol. The molecule has 2 rings (SSSR count). The van der Waals surface area contributed by atoms with Crippen LogP contribution in [0.1, 0.15) is 78.6 Å². The molecule has 2 unspecified atom stereocenters. The minimum Gasteiger partial charge on any atom is -0.115 e. The van der Waals surface area contributed by atoms with Crippen LogP contribution in [0.3, 0.4) is 0 Å². The topological polar surface area (TPSA) is 0 Å². The van der Waals surface area contributed by atoms with E-state index in [0.29, 0.717) is 5.41 Å². The van der Waals surface area contributed by atoms with Gasteiger partial charge in [0.25, 0.3) is 0 Å². The lowest BCUT2D eigenvalue weighted by atomic mass is 9.83. The second kappa shape index (κ2) is 6.05. The normalized spacial score (nSPS) is 27.0. The van der Waals surface area contributed by atoms with Crippen LogP contribution in [-0.4, -0.2) is 11.3 Å². The smallest absolute Gasteiger partial charge is 0.0157 e. The SMILES string of the molecule is CC(C)(C)C(PC1CCCCC1)C1CCCC1. The van der Waals surface area contributed by atoms with Gasteiger partial charge in [-0.1, -0.05) is 52.9 Å². The zero-order valence-electron chi connectivity index (χ0n) is 12.1. The standard InChI is InChI=1S/C16H31P/c1-16(2,3)15(13-9-7-8-10-13)17-14-11-5-4-6-12-14/h13-15,17H,4-12H2,1-3H3. The fourth-order valence-electron chi connectivity index (χ4n) is 3.91. The summed E-state index contributed by atoms with van der Waals surface area (Å²) in [7, 11) is 1.26. The number of rotatable bonds is 3. The van der Waals surface area contributed by atoms with Gasteiger partial charge < -0.3 is 0 Å². The molecule has 1 heteroatoms. The van der Waals surface area contributed by atoms with E-state index in [1.165, 1.54) is 66.4 Å². The van der Waals surface area contributed by atoms with E-state index >= 15 is 0 Å². The van der Waals surface area contributed by atoms with Crippen molar-refractivity contribution >= 4 is 8.58 Å². The Bertz CT molecular complexity index is 216. The lowest BCUT2D eigenvalue weighted by Gasteiger charge is -2.39. The highest BCUT2D eigenvalue weighted by molar-refractivity contribution is 7.39. The van der Waals surface area contributed by atoms with Crippen molar-refractivity contribution in [3.05, 3.63) is 0 Å². The Morgan fingerprint density at radius 3 is 1.88 bits per heavy atom.